The van der Waals surface area contributed by atoms with Gasteiger partial charge in [-0.2, -0.15) is 0 Å². The van der Waals surface area contributed by atoms with Gasteiger partial charge in [0.05, 0.1) is 0 Å². The molecule has 0 heterocycles. The number of aryl methyl sites for hydroxylation is 1. The molecule has 0 aliphatic rings. The lowest BCUT2D eigenvalue weighted by Crippen LogP contribution is -2.37. The minimum atomic E-state index is -2.59. The third-order valence-corrected chi connectivity index (χ3v) is 15.7. The highest BCUT2D eigenvalue weighted by Gasteiger charge is 2.31. The summed E-state index contributed by atoms with van der Waals surface area (Å²) in [6, 6.07) is 60.2. The summed E-state index contributed by atoms with van der Waals surface area (Å²) in [6.07, 6.45) is 0. The van der Waals surface area contributed by atoms with Gasteiger partial charge in [0.15, 0.2) is 0 Å². The Bertz CT molecular complexity index is 1780. The molecule has 0 aromatic heterocycles. The van der Waals surface area contributed by atoms with Crippen LogP contribution < -0.4 is 31.8 Å². The van der Waals surface area contributed by atoms with Crippen LogP contribution in [0.2, 0.25) is 0 Å². The quantitative estimate of drug-likeness (QED) is 0.149. The molecule has 1 unspecified atom stereocenters. The van der Waals surface area contributed by atoms with Crippen molar-refractivity contribution >= 4 is 62.1 Å². The Kier molecular flexibility index (Phi) is 8.83. The van der Waals surface area contributed by atoms with Crippen molar-refractivity contribution in [1.82, 2.24) is 0 Å². The topological polar surface area (TPSA) is 20.2 Å². The van der Waals surface area contributed by atoms with Gasteiger partial charge in [0.2, 0.25) is 0 Å². The van der Waals surface area contributed by atoms with Crippen LogP contribution >= 0.6 is 25.6 Å². The van der Waals surface area contributed by atoms with Crippen molar-refractivity contribution in [3.05, 3.63) is 175 Å². The minimum Gasteiger partial charge on any atom is -0.326 e. The summed E-state index contributed by atoms with van der Waals surface area (Å²) >= 11 is 0. The molecule has 0 aliphatic heterocycles. The molecule has 1 atom stereocenters. The van der Waals surface area contributed by atoms with Gasteiger partial charge in [0.25, 0.3) is 0 Å². The van der Waals surface area contributed by atoms with Gasteiger partial charge >= 0.3 is 0 Å². The second-order valence-electron chi connectivity index (χ2n) is 10.0. The van der Waals surface area contributed by atoms with Crippen LogP contribution in [0.5, 0.6) is 0 Å². The normalized spacial score (nSPS) is 12.1. The smallest absolute Gasteiger partial charge is 0.0348 e. The lowest BCUT2D eigenvalue weighted by atomic mass is 10.2. The van der Waals surface area contributed by atoms with E-state index >= 15 is 0 Å². The first-order valence-electron chi connectivity index (χ1n) is 13.9. The maximum absolute atomic E-state index is 11.9. The first kappa shape index (κ1) is 28.4. The van der Waals surface area contributed by atoms with E-state index in [1.54, 1.807) is 0 Å². The lowest BCUT2D eigenvalue weighted by molar-refractivity contribution is 0.661. The Hall–Kier alpha value is -3.73. The summed E-state index contributed by atoms with van der Waals surface area (Å²) in [6.45, 7) is -0.517. The molecule has 0 saturated carbocycles. The van der Waals surface area contributed by atoms with E-state index < -0.39 is 25.6 Å². The fourth-order valence-corrected chi connectivity index (χ4v) is 14.2. The molecule has 6 rings (SSSR count). The molecule has 6 aromatic carbocycles. The Labute approximate surface area is 253 Å². The highest BCUT2D eigenvalue weighted by Crippen LogP contribution is 2.47. The monoisotopic (exact) mass is 598 g/mol. The summed E-state index contributed by atoms with van der Waals surface area (Å²) in [4.78, 5) is 0.878. The third-order valence-electron chi connectivity index (χ3n) is 7.27. The Morgan fingerprint density at radius 1 is 0.524 bits per heavy atom. The van der Waals surface area contributed by atoms with Crippen molar-refractivity contribution in [1.29, 1.82) is 0 Å². The summed E-state index contributed by atoms with van der Waals surface area (Å²) in [7, 11) is -2.10. The van der Waals surface area contributed by atoms with Gasteiger partial charge < -0.3 is 4.55 Å². The average Bonchev–Trinajstić information content (AvgIpc) is 3.06. The molecule has 4 heteroatoms. The van der Waals surface area contributed by atoms with Crippen molar-refractivity contribution in [2.45, 2.75) is 11.8 Å². The van der Waals surface area contributed by atoms with E-state index in [1.165, 1.54) is 37.4 Å². The number of rotatable bonds is 7. The first-order valence-corrected chi connectivity index (χ1v) is 18.3. The van der Waals surface area contributed by atoms with E-state index in [4.69, 9.17) is 0 Å². The van der Waals surface area contributed by atoms with Crippen LogP contribution in [0.4, 0.5) is 0 Å². The van der Waals surface area contributed by atoms with Gasteiger partial charge in [0.1, 0.15) is 0 Å². The molecule has 0 bridgehead atoms. The molecule has 1 N–H and O–H groups in total. The predicted molar refractivity (Wildman–Crippen MR) is 189 cm³/mol. The largest absolute Gasteiger partial charge is 0.326 e. The van der Waals surface area contributed by atoms with E-state index in [9.17, 15) is 4.55 Å². The zero-order chi connectivity index (χ0) is 28.8. The molecule has 0 aliphatic carbocycles. The van der Waals surface area contributed by atoms with Crippen LogP contribution in [0.25, 0.3) is 0 Å². The Morgan fingerprint density at radius 2 is 0.952 bits per heavy atom. The zero-order valence-corrected chi connectivity index (χ0v) is 26.0. The van der Waals surface area contributed by atoms with Gasteiger partial charge in [-0.15, -0.1) is 0 Å². The SMILES string of the molecule is Cc1ccc(S(O)=C=P(c2ccccc2)(c2ccccc2)c2ccccc2P(c2ccccc2)c2ccccc2)cc1. The standard InChI is InChI=1S/C38H32OP2S/c1-31-26-28-36(29-27-31)42(39)30-41(34-20-10-4-11-21-34,35-22-12-5-13-23-35)38-25-15-14-24-37(38)40(32-16-6-2-7-17-32)33-18-8-3-9-19-33/h2-29,39H,1H3. The highest BCUT2D eigenvalue weighted by molar-refractivity contribution is 8.17. The molecule has 0 fully saturated rings. The Balaban J connectivity index is 1.78. The number of hydrogen-bond acceptors (Lipinski definition) is 1. The second-order valence-corrected chi connectivity index (χ2v) is 16.8. The molecular formula is C38H32OP2S. The molecule has 206 valence electrons. The van der Waals surface area contributed by atoms with Gasteiger partial charge in [-0.05, 0) is 58.8 Å². The highest BCUT2D eigenvalue weighted by atomic mass is 32.2. The molecule has 6 aromatic rings. The molecule has 1 nitrogen and oxygen atoms in total. The molecule has 0 spiro atoms. The lowest BCUT2D eigenvalue weighted by Gasteiger charge is -2.31. The van der Waals surface area contributed by atoms with Gasteiger partial charge in [-0.3, -0.25) is 0 Å². The molecule has 0 radical (unpaired) electrons. The maximum Gasteiger partial charge on any atom is 0.0348 e. The summed E-state index contributed by atoms with van der Waals surface area (Å²) in [5.41, 5.74) is 1.17. The van der Waals surface area contributed by atoms with Crippen molar-refractivity contribution < 1.29 is 4.55 Å². The van der Waals surface area contributed by atoms with Crippen LogP contribution in [-0.4, -0.2) is 9.30 Å². The molecule has 0 amide bonds. The van der Waals surface area contributed by atoms with E-state index in [2.05, 4.69) is 169 Å². The van der Waals surface area contributed by atoms with Gasteiger partial charge in [-0.25, -0.2) is 0 Å². The van der Waals surface area contributed by atoms with E-state index in [-0.39, 0.29) is 0 Å². The molecule has 0 saturated heterocycles. The number of hydrogen-bond donors (Lipinski definition) is 1. The second kappa shape index (κ2) is 13.1. The van der Waals surface area contributed by atoms with E-state index in [1.807, 2.05) is 12.1 Å². The summed E-state index contributed by atoms with van der Waals surface area (Å²) in [5, 5.41) is 7.48. The number of benzene rings is 6. The van der Waals surface area contributed by atoms with Crippen molar-refractivity contribution in [2.75, 3.05) is 0 Å². The van der Waals surface area contributed by atoms with E-state index in [0.29, 0.717) is 0 Å². The third kappa shape index (κ3) is 5.79. The first-order chi connectivity index (χ1) is 20.7. The predicted octanol–water partition coefficient (Wildman–Crippen LogP) is 7.48. The summed E-state index contributed by atoms with van der Waals surface area (Å²) < 4.78 is 15.9. The molecular weight excluding hydrogens is 566 g/mol. The Morgan fingerprint density at radius 3 is 1.45 bits per heavy atom. The van der Waals surface area contributed by atoms with Crippen LogP contribution in [0, 0.1) is 6.92 Å². The molecule has 42 heavy (non-hydrogen) atoms. The van der Waals surface area contributed by atoms with Crippen molar-refractivity contribution in [3.8, 4) is 0 Å². The van der Waals surface area contributed by atoms with Crippen LogP contribution in [0.15, 0.2) is 175 Å². The van der Waals surface area contributed by atoms with Crippen LogP contribution in [0.1, 0.15) is 5.56 Å². The van der Waals surface area contributed by atoms with E-state index in [0.717, 1.165) is 4.90 Å². The maximum atomic E-state index is 11.9. The zero-order valence-electron chi connectivity index (χ0n) is 23.4. The van der Waals surface area contributed by atoms with Crippen molar-refractivity contribution in [3.63, 3.8) is 0 Å². The van der Waals surface area contributed by atoms with Crippen LogP contribution in [-0.2, 0) is 0 Å². The van der Waals surface area contributed by atoms with Gasteiger partial charge in [0, 0.05) is 22.5 Å². The average molecular weight is 599 g/mol. The minimum absolute atomic E-state index is 0.878. The fraction of sp³-hybridized carbons (Fsp3) is 0.0263. The van der Waals surface area contributed by atoms with Gasteiger partial charge in [-0.1, -0.05) is 168 Å². The van der Waals surface area contributed by atoms with Crippen LogP contribution in [0.3, 0.4) is 0 Å². The summed E-state index contributed by atoms with van der Waals surface area (Å²) in [5.74, 6) is 0. The van der Waals surface area contributed by atoms with Crippen molar-refractivity contribution in [2.24, 2.45) is 0 Å². The fourth-order valence-electron chi connectivity index (χ4n) is 5.25.